The summed E-state index contributed by atoms with van der Waals surface area (Å²) in [6, 6.07) is 8.18. The molecule has 8 heteroatoms. The molecule has 1 fully saturated rings. The third-order valence-electron chi connectivity index (χ3n) is 5.42. The van der Waals surface area contributed by atoms with Crippen molar-refractivity contribution in [3.8, 4) is 17.1 Å². The van der Waals surface area contributed by atoms with Gasteiger partial charge in [0.1, 0.15) is 11.6 Å². The highest BCUT2D eigenvalue weighted by Crippen LogP contribution is 2.32. The molecule has 1 aromatic carbocycles. The van der Waals surface area contributed by atoms with Crippen LogP contribution in [0.4, 0.5) is 0 Å². The van der Waals surface area contributed by atoms with Crippen LogP contribution < -0.4 is 10.1 Å². The smallest absolute Gasteiger partial charge is 0.241 e. The molecule has 0 radical (unpaired) electrons. The first-order valence-electron chi connectivity index (χ1n) is 9.61. The van der Waals surface area contributed by atoms with Crippen LogP contribution in [0, 0.1) is 12.8 Å². The lowest BCUT2D eigenvalue weighted by Gasteiger charge is -2.20. The molecule has 3 aromatic heterocycles. The highest BCUT2D eigenvalue weighted by Gasteiger charge is 2.29. The van der Waals surface area contributed by atoms with Crippen LogP contribution in [0.5, 0.6) is 5.88 Å². The maximum atomic E-state index is 11.6. The minimum Gasteiger partial charge on any atom is -0.473 e. The van der Waals surface area contributed by atoms with Crippen molar-refractivity contribution < 1.29 is 9.53 Å². The summed E-state index contributed by atoms with van der Waals surface area (Å²) in [6.07, 6.45) is 2.11. The number of imidazole rings is 1. The minimum absolute atomic E-state index is 0.0738. The van der Waals surface area contributed by atoms with Crippen molar-refractivity contribution in [2.24, 2.45) is 13.0 Å². The van der Waals surface area contributed by atoms with E-state index in [-0.39, 0.29) is 17.9 Å². The number of amides is 1. The van der Waals surface area contributed by atoms with Gasteiger partial charge in [0.2, 0.25) is 11.8 Å². The number of ether oxygens (including phenoxy) is 1. The normalized spacial score (nSPS) is 17.8. The number of carbonyl (C=O) groups is 1. The summed E-state index contributed by atoms with van der Waals surface area (Å²) in [5.41, 5.74) is 4.43. The predicted molar refractivity (Wildman–Crippen MR) is 113 cm³/mol. The fourth-order valence-corrected chi connectivity index (χ4v) is 4.61. The Labute approximate surface area is 171 Å². The lowest BCUT2D eigenvalue weighted by molar-refractivity contribution is -0.119. The number of thiazole rings is 1. The molecule has 1 saturated heterocycles. The van der Waals surface area contributed by atoms with Crippen LogP contribution >= 0.6 is 11.3 Å². The minimum atomic E-state index is -0.140. The maximum Gasteiger partial charge on any atom is 0.241 e. The van der Waals surface area contributed by atoms with E-state index in [0.29, 0.717) is 18.8 Å². The van der Waals surface area contributed by atoms with Crippen molar-refractivity contribution in [2.75, 3.05) is 6.54 Å². The number of nitrogens with zero attached hydrogens (tertiary/aromatic N) is 4. The molecule has 0 aliphatic carbocycles. The first-order chi connectivity index (χ1) is 14.0. The molecule has 1 amide bonds. The van der Waals surface area contributed by atoms with Crippen LogP contribution in [0.1, 0.15) is 18.4 Å². The summed E-state index contributed by atoms with van der Waals surface area (Å²) in [7, 11) is 1.93. The molecule has 2 unspecified atom stereocenters. The van der Waals surface area contributed by atoms with E-state index in [1.54, 1.807) is 17.7 Å². The van der Waals surface area contributed by atoms with E-state index in [0.717, 1.165) is 37.5 Å². The van der Waals surface area contributed by atoms with E-state index in [2.05, 4.69) is 33.5 Å². The van der Waals surface area contributed by atoms with Gasteiger partial charge < -0.3 is 14.6 Å². The molecule has 148 valence electrons. The zero-order valence-electron chi connectivity index (χ0n) is 16.5. The van der Waals surface area contributed by atoms with Crippen molar-refractivity contribution in [1.29, 1.82) is 0 Å². The topological polar surface area (TPSA) is 81.9 Å². The number of fused-ring (bicyclic) bond motifs is 2. The lowest BCUT2D eigenvalue weighted by Crippen LogP contribution is -2.26. The van der Waals surface area contributed by atoms with Gasteiger partial charge in [-0.3, -0.25) is 4.79 Å². The van der Waals surface area contributed by atoms with Gasteiger partial charge in [-0.2, -0.15) is 0 Å². The summed E-state index contributed by atoms with van der Waals surface area (Å²) in [6.45, 7) is 4.64. The lowest BCUT2D eigenvalue weighted by atomic mass is 10.0. The SMILES string of the molecule is Cc1nc2cc(-c3cc4ncn(C)c4c(OC(C)C4CNC(=O)C4)n3)ccc2s1. The molecule has 2 atom stereocenters. The summed E-state index contributed by atoms with van der Waals surface area (Å²) in [5.74, 6) is 0.745. The highest BCUT2D eigenvalue weighted by molar-refractivity contribution is 7.18. The van der Waals surface area contributed by atoms with Crippen LogP contribution in [0.15, 0.2) is 30.6 Å². The second-order valence-electron chi connectivity index (χ2n) is 7.54. The van der Waals surface area contributed by atoms with Crippen molar-refractivity contribution >= 4 is 38.5 Å². The monoisotopic (exact) mass is 407 g/mol. The number of benzene rings is 1. The van der Waals surface area contributed by atoms with Gasteiger partial charge in [0.25, 0.3) is 0 Å². The Morgan fingerprint density at radius 2 is 2.14 bits per heavy atom. The second kappa shape index (κ2) is 6.81. The fraction of sp³-hybridized carbons (Fsp3) is 0.333. The Morgan fingerprint density at radius 1 is 1.28 bits per heavy atom. The molecule has 1 N–H and O–H groups in total. The van der Waals surface area contributed by atoms with E-state index < -0.39 is 0 Å². The number of carbonyl (C=O) groups excluding carboxylic acids is 1. The fourth-order valence-electron chi connectivity index (χ4n) is 3.80. The van der Waals surface area contributed by atoms with Gasteiger partial charge in [-0.25, -0.2) is 15.0 Å². The van der Waals surface area contributed by atoms with E-state index >= 15 is 0 Å². The molecule has 5 rings (SSSR count). The summed E-state index contributed by atoms with van der Waals surface area (Å²) in [4.78, 5) is 25.5. The molecule has 7 nitrogen and oxygen atoms in total. The van der Waals surface area contributed by atoms with Crippen LogP contribution in [0.2, 0.25) is 0 Å². The van der Waals surface area contributed by atoms with Crippen molar-refractivity contribution in [3.63, 3.8) is 0 Å². The zero-order chi connectivity index (χ0) is 20.1. The predicted octanol–water partition coefficient (Wildman–Crippen LogP) is 3.46. The molecule has 1 aliphatic rings. The maximum absolute atomic E-state index is 11.6. The Kier molecular flexibility index (Phi) is 4.24. The van der Waals surface area contributed by atoms with Crippen molar-refractivity contribution in [1.82, 2.24) is 24.8 Å². The van der Waals surface area contributed by atoms with E-state index in [9.17, 15) is 4.79 Å². The van der Waals surface area contributed by atoms with Crippen LogP contribution in [-0.2, 0) is 11.8 Å². The zero-order valence-corrected chi connectivity index (χ0v) is 17.3. The van der Waals surface area contributed by atoms with Crippen LogP contribution in [0.25, 0.3) is 32.5 Å². The van der Waals surface area contributed by atoms with Gasteiger partial charge in [0, 0.05) is 31.5 Å². The Bertz CT molecular complexity index is 1240. The Hall–Kier alpha value is -3.00. The first kappa shape index (κ1) is 18.1. The van der Waals surface area contributed by atoms with Gasteiger partial charge in [-0.1, -0.05) is 6.07 Å². The number of nitrogens with one attached hydrogen (secondary N) is 1. The molecule has 29 heavy (non-hydrogen) atoms. The van der Waals surface area contributed by atoms with Gasteiger partial charge in [0.15, 0.2) is 0 Å². The second-order valence-corrected chi connectivity index (χ2v) is 8.78. The average molecular weight is 407 g/mol. The van der Waals surface area contributed by atoms with Crippen molar-refractivity contribution in [3.05, 3.63) is 35.6 Å². The molecule has 4 heterocycles. The molecule has 4 aromatic rings. The van der Waals surface area contributed by atoms with E-state index in [1.807, 2.05) is 31.5 Å². The largest absolute Gasteiger partial charge is 0.473 e. The standard InChI is InChI=1S/C21H21N5O2S/c1-11(14-7-19(27)22-9-14)28-21-20-17(23-10-26(20)3)8-15(25-21)13-4-5-18-16(6-13)24-12(2)29-18/h4-6,8,10-11,14H,7,9H2,1-3H3,(H,22,27). The van der Waals surface area contributed by atoms with Gasteiger partial charge in [0.05, 0.1) is 32.8 Å². The number of aryl methyl sites for hydroxylation is 2. The molecule has 0 saturated carbocycles. The first-order valence-corrected chi connectivity index (χ1v) is 10.4. The molecule has 1 aliphatic heterocycles. The van der Waals surface area contributed by atoms with Crippen LogP contribution in [0.3, 0.4) is 0 Å². The number of hydrogen-bond donors (Lipinski definition) is 1. The molecular formula is C21H21N5O2S. The highest BCUT2D eigenvalue weighted by atomic mass is 32.1. The van der Waals surface area contributed by atoms with E-state index in [4.69, 9.17) is 9.72 Å². The van der Waals surface area contributed by atoms with Crippen LogP contribution in [-0.4, -0.2) is 38.1 Å². The average Bonchev–Trinajstić information content (AvgIpc) is 3.39. The quantitative estimate of drug-likeness (QED) is 0.560. The van der Waals surface area contributed by atoms with Gasteiger partial charge >= 0.3 is 0 Å². The summed E-state index contributed by atoms with van der Waals surface area (Å²) >= 11 is 1.68. The number of hydrogen-bond acceptors (Lipinski definition) is 6. The summed E-state index contributed by atoms with van der Waals surface area (Å²) < 4.78 is 9.35. The number of aromatic nitrogens is 4. The van der Waals surface area contributed by atoms with Crippen molar-refractivity contribution in [2.45, 2.75) is 26.4 Å². The van der Waals surface area contributed by atoms with E-state index in [1.165, 1.54) is 0 Å². The molecule has 0 bridgehead atoms. The summed E-state index contributed by atoms with van der Waals surface area (Å²) in [5, 5.41) is 3.92. The third kappa shape index (κ3) is 3.23. The number of pyridine rings is 1. The molecule has 0 spiro atoms. The van der Waals surface area contributed by atoms with Gasteiger partial charge in [-0.05, 0) is 32.0 Å². The Balaban J connectivity index is 1.57. The number of rotatable bonds is 4. The molecular weight excluding hydrogens is 386 g/mol. The third-order valence-corrected chi connectivity index (χ3v) is 6.38. The Morgan fingerprint density at radius 3 is 2.93 bits per heavy atom. The van der Waals surface area contributed by atoms with Gasteiger partial charge in [-0.15, -0.1) is 11.3 Å².